The van der Waals surface area contributed by atoms with Crippen LogP contribution in [-0.2, 0) is 0 Å². The second-order valence-corrected chi connectivity index (χ2v) is 4.74. The van der Waals surface area contributed by atoms with Crippen LogP contribution in [0.15, 0.2) is 4.99 Å². The SMILES string of the molecule is CCCCN=C(NN)NC1CCCCC1C. The average molecular weight is 226 g/mol. The maximum Gasteiger partial charge on any atom is 0.205 e. The summed E-state index contributed by atoms with van der Waals surface area (Å²) in [6, 6.07) is 0.533. The first-order chi connectivity index (χ1) is 7.77. The summed E-state index contributed by atoms with van der Waals surface area (Å²) in [5.74, 6) is 6.95. The highest BCUT2D eigenvalue weighted by molar-refractivity contribution is 5.79. The van der Waals surface area contributed by atoms with Crippen molar-refractivity contribution in [1.82, 2.24) is 10.7 Å². The lowest BCUT2D eigenvalue weighted by atomic mass is 9.86. The lowest BCUT2D eigenvalue weighted by Crippen LogP contribution is -2.49. The van der Waals surface area contributed by atoms with E-state index >= 15 is 0 Å². The van der Waals surface area contributed by atoms with Crippen LogP contribution in [-0.4, -0.2) is 18.5 Å². The van der Waals surface area contributed by atoms with Crippen molar-refractivity contribution < 1.29 is 0 Å². The van der Waals surface area contributed by atoms with Crippen LogP contribution in [0.4, 0.5) is 0 Å². The average Bonchev–Trinajstić information content (AvgIpc) is 2.30. The number of nitrogens with two attached hydrogens (primary N) is 1. The minimum atomic E-state index is 0.533. The zero-order chi connectivity index (χ0) is 11.8. The molecule has 4 heteroatoms. The molecule has 0 bridgehead atoms. The van der Waals surface area contributed by atoms with Crippen LogP contribution >= 0.6 is 0 Å². The smallest absolute Gasteiger partial charge is 0.205 e. The molecule has 0 radical (unpaired) electrons. The van der Waals surface area contributed by atoms with E-state index in [4.69, 9.17) is 5.84 Å². The Labute approximate surface area is 99.1 Å². The van der Waals surface area contributed by atoms with Crippen LogP contribution in [0, 0.1) is 5.92 Å². The second kappa shape index (κ2) is 7.49. The Morgan fingerprint density at radius 2 is 2.12 bits per heavy atom. The lowest BCUT2D eigenvalue weighted by molar-refractivity contribution is 0.306. The van der Waals surface area contributed by atoms with Crippen molar-refractivity contribution in [2.75, 3.05) is 6.54 Å². The van der Waals surface area contributed by atoms with Gasteiger partial charge in [-0.25, -0.2) is 5.84 Å². The van der Waals surface area contributed by atoms with E-state index in [1.807, 2.05) is 0 Å². The molecular weight excluding hydrogens is 200 g/mol. The molecule has 4 N–H and O–H groups in total. The first-order valence-electron chi connectivity index (χ1n) is 6.55. The van der Waals surface area contributed by atoms with Gasteiger partial charge < -0.3 is 5.32 Å². The summed E-state index contributed by atoms with van der Waals surface area (Å²) in [6.45, 7) is 5.32. The number of nitrogens with one attached hydrogen (secondary N) is 2. The molecule has 2 unspecified atom stereocenters. The van der Waals surface area contributed by atoms with Gasteiger partial charge in [0.2, 0.25) is 5.96 Å². The Morgan fingerprint density at radius 3 is 2.75 bits per heavy atom. The van der Waals surface area contributed by atoms with Crippen LogP contribution in [0.25, 0.3) is 0 Å². The van der Waals surface area contributed by atoms with Crippen molar-refractivity contribution in [3.05, 3.63) is 0 Å². The predicted octanol–water partition coefficient (Wildman–Crippen LogP) is 1.77. The fourth-order valence-electron chi connectivity index (χ4n) is 2.19. The van der Waals surface area contributed by atoms with E-state index in [2.05, 4.69) is 29.6 Å². The third kappa shape index (κ3) is 4.39. The lowest BCUT2D eigenvalue weighted by Gasteiger charge is -2.30. The Balaban J connectivity index is 2.38. The number of unbranched alkanes of at least 4 members (excludes halogenated alkanes) is 1. The normalized spacial score (nSPS) is 26.6. The minimum absolute atomic E-state index is 0.533. The van der Waals surface area contributed by atoms with Gasteiger partial charge in [0.1, 0.15) is 0 Å². The van der Waals surface area contributed by atoms with Crippen LogP contribution in [0.5, 0.6) is 0 Å². The van der Waals surface area contributed by atoms with E-state index in [1.165, 1.54) is 32.1 Å². The van der Waals surface area contributed by atoms with E-state index in [0.29, 0.717) is 6.04 Å². The zero-order valence-corrected chi connectivity index (χ0v) is 10.6. The highest BCUT2D eigenvalue weighted by Crippen LogP contribution is 2.23. The van der Waals surface area contributed by atoms with Gasteiger partial charge in [0.15, 0.2) is 0 Å². The summed E-state index contributed by atoms with van der Waals surface area (Å²) in [5, 5.41) is 3.43. The first kappa shape index (κ1) is 13.3. The molecule has 0 spiro atoms. The molecule has 0 aromatic carbocycles. The topological polar surface area (TPSA) is 62.4 Å². The molecule has 94 valence electrons. The largest absolute Gasteiger partial charge is 0.352 e. The molecule has 1 rings (SSSR count). The maximum absolute atomic E-state index is 5.47. The number of rotatable bonds is 4. The summed E-state index contributed by atoms with van der Waals surface area (Å²) in [6.07, 6.45) is 7.50. The molecule has 1 saturated carbocycles. The fourth-order valence-corrected chi connectivity index (χ4v) is 2.19. The van der Waals surface area contributed by atoms with E-state index in [9.17, 15) is 0 Å². The Hall–Kier alpha value is -0.770. The fraction of sp³-hybridized carbons (Fsp3) is 0.917. The summed E-state index contributed by atoms with van der Waals surface area (Å²) < 4.78 is 0. The van der Waals surface area contributed by atoms with Crippen LogP contribution in [0.3, 0.4) is 0 Å². The van der Waals surface area contributed by atoms with Gasteiger partial charge in [-0.15, -0.1) is 0 Å². The van der Waals surface area contributed by atoms with Crippen molar-refractivity contribution in [1.29, 1.82) is 0 Å². The van der Waals surface area contributed by atoms with Crippen molar-refractivity contribution in [3.8, 4) is 0 Å². The highest BCUT2D eigenvalue weighted by atomic mass is 15.3. The van der Waals surface area contributed by atoms with Gasteiger partial charge in [-0.3, -0.25) is 10.4 Å². The molecule has 0 aliphatic heterocycles. The molecular formula is C12H26N4. The number of hydrogen-bond acceptors (Lipinski definition) is 2. The number of guanidine groups is 1. The molecule has 1 aliphatic rings. The Bertz CT molecular complexity index is 215. The minimum Gasteiger partial charge on any atom is -0.352 e. The number of aliphatic imine (C=N–C) groups is 1. The van der Waals surface area contributed by atoms with Crippen LogP contribution in [0.2, 0.25) is 0 Å². The molecule has 0 amide bonds. The Morgan fingerprint density at radius 1 is 1.38 bits per heavy atom. The molecule has 2 atom stereocenters. The van der Waals surface area contributed by atoms with Crippen LogP contribution < -0.4 is 16.6 Å². The third-order valence-corrected chi connectivity index (χ3v) is 3.35. The quantitative estimate of drug-likeness (QED) is 0.225. The van der Waals surface area contributed by atoms with Crippen molar-refractivity contribution in [2.45, 2.75) is 58.4 Å². The van der Waals surface area contributed by atoms with Gasteiger partial charge in [-0.05, 0) is 25.2 Å². The third-order valence-electron chi connectivity index (χ3n) is 3.35. The maximum atomic E-state index is 5.47. The van der Waals surface area contributed by atoms with Crippen molar-refractivity contribution >= 4 is 5.96 Å². The molecule has 1 fully saturated rings. The molecule has 4 nitrogen and oxygen atoms in total. The van der Waals surface area contributed by atoms with Crippen molar-refractivity contribution in [3.63, 3.8) is 0 Å². The van der Waals surface area contributed by atoms with Crippen LogP contribution in [0.1, 0.15) is 52.4 Å². The van der Waals surface area contributed by atoms with Gasteiger partial charge in [0.05, 0.1) is 0 Å². The zero-order valence-electron chi connectivity index (χ0n) is 10.6. The van der Waals surface area contributed by atoms with E-state index in [-0.39, 0.29) is 0 Å². The second-order valence-electron chi connectivity index (χ2n) is 4.74. The first-order valence-corrected chi connectivity index (χ1v) is 6.55. The van der Waals surface area contributed by atoms with Gasteiger partial charge in [-0.1, -0.05) is 33.1 Å². The standard InChI is InChI=1S/C12H26N4/c1-3-4-9-14-12(16-13)15-11-8-6-5-7-10(11)2/h10-11H,3-9,13H2,1-2H3,(H2,14,15,16). The predicted molar refractivity (Wildman–Crippen MR) is 69.1 cm³/mol. The summed E-state index contributed by atoms with van der Waals surface area (Å²) >= 11 is 0. The Kier molecular flexibility index (Phi) is 6.23. The molecule has 0 aromatic rings. The van der Waals surface area contributed by atoms with E-state index < -0.39 is 0 Å². The number of hydrogen-bond donors (Lipinski definition) is 3. The summed E-state index contributed by atoms with van der Waals surface area (Å²) in [5.41, 5.74) is 2.67. The number of hydrazine groups is 1. The monoisotopic (exact) mass is 226 g/mol. The molecule has 0 saturated heterocycles. The summed E-state index contributed by atoms with van der Waals surface area (Å²) in [4.78, 5) is 4.43. The number of nitrogens with zero attached hydrogens (tertiary/aromatic N) is 1. The molecule has 16 heavy (non-hydrogen) atoms. The van der Waals surface area contributed by atoms with Gasteiger partial charge in [-0.2, -0.15) is 0 Å². The molecule has 1 aliphatic carbocycles. The van der Waals surface area contributed by atoms with E-state index in [0.717, 1.165) is 24.8 Å². The molecule has 0 aromatic heterocycles. The van der Waals surface area contributed by atoms with Gasteiger partial charge in [0, 0.05) is 12.6 Å². The van der Waals surface area contributed by atoms with Gasteiger partial charge >= 0.3 is 0 Å². The summed E-state index contributed by atoms with van der Waals surface area (Å²) in [7, 11) is 0. The van der Waals surface area contributed by atoms with Crippen molar-refractivity contribution in [2.24, 2.45) is 16.8 Å². The molecule has 0 heterocycles. The van der Waals surface area contributed by atoms with Gasteiger partial charge in [0.25, 0.3) is 0 Å². The highest BCUT2D eigenvalue weighted by Gasteiger charge is 2.21. The van der Waals surface area contributed by atoms with E-state index in [1.54, 1.807) is 0 Å².